The van der Waals surface area contributed by atoms with Gasteiger partial charge < -0.3 is 20.4 Å². The molecule has 166 valence electrons. The Bertz CT molecular complexity index is 1160. The number of aromatic nitrogens is 1. The molecule has 2 atom stereocenters. The van der Waals surface area contributed by atoms with E-state index in [1.54, 1.807) is 7.11 Å². The van der Waals surface area contributed by atoms with Gasteiger partial charge in [-0.25, -0.2) is 0 Å². The van der Waals surface area contributed by atoms with E-state index in [1.807, 2.05) is 48.5 Å². The van der Waals surface area contributed by atoms with Gasteiger partial charge in [0, 0.05) is 41.9 Å². The lowest BCUT2D eigenvalue weighted by Crippen LogP contribution is -2.62. The quantitative estimate of drug-likeness (QED) is 0.501. The number of H-pyrrole nitrogens is 1. The average Bonchev–Trinajstić information content (AvgIpc) is 3.12. The van der Waals surface area contributed by atoms with E-state index >= 15 is 0 Å². The fourth-order valence-electron chi connectivity index (χ4n) is 4.15. The van der Waals surface area contributed by atoms with Crippen molar-refractivity contribution >= 4 is 22.7 Å². The standard InChI is InChI=1S/C26H29N3O3/c1-16(2)9-12-21-20(19-11-10-18(32-3)14-22(19)27-21)15-24-26(31)28-23(25(30)29-24)13-17-7-5-4-6-8-17/h4-11,14,23-24,27H,12-13,15H2,1-3H3,(H,28,31)(H,29,30)/t23-,24-/m0/s1. The normalized spacial score (nSPS) is 18.2. The molecule has 6 nitrogen and oxygen atoms in total. The molecule has 0 aliphatic carbocycles. The van der Waals surface area contributed by atoms with Gasteiger partial charge in [-0.1, -0.05) is 42.0 Å². The van der Waals surface area contributed by atoms with E-state index in [0.29, 0.717) is 12.8 Å². The second-order valence-corrected chi connectivity index (χ2v) is 8.50. The zero-order valence-corrected chi connectivity index (χ0v) is 18.7. The summed E-state index contributed by atoms with van der Waals surface area (Å²) < 4.78 is 5.36. The lowest BCUT2D eigenvalue weighted by molar-refractivity contribution is -0.136. The number of hydrogen-bond acceptors (Lipinski definition) is 3. The summed E-state index contributed by atoms with van der Waals surface area (Å²) in [5.74, 6) is 0.471. The van der Waals surface area contributed by atoms with Crippen molar-refractivity contribution in [2.45, 2.75) is 45.2 Å². The van der Waals surface area contributed by atoms with Crippen molar-refractivity contribution < 1.29 is 14.3 Å². The lowest BCUT2D eigenvalue weighted by atomic mass is 9.96. The Balaban J connectivity index is 1.57. The summed E-state index contributed by atoms with van der Waals surface area (Å²) in [6, 6.07) is 14.4. The van der Waals surface area contributed by atoms with Crippen LogP contribution in [-0.2, 0) is 28.9 Å². The minimum Gasteiger partial charge on any atom is -0.497 e. The Hall–Kier alpha value is -3.54. The molecule has 1 saturated heterocycles. The van der Waals surface area contributed by atoms with E-state index < -0.39 is 12.1 Å². The summed E-state index contributed by atoms with van der Waals surface area (Å²) >= 11 is 0. The molecule has 3 N–H and O–H groups in total. The van der Waals surface area contributed by atoms with Crippen molar-refractivity contribution in [1.82, 2.24) is 15.6 Å². The molecule has 1 aliphatic rings. The molecule has 1 fully saturated rings. The van der Waals surface area contributed by atoms with Gasteiger partial charge in [0.15, 0.2) is 0 Å². The Labute approximate surface area is 188 Å². The number of fused-ring (bicyclic) bond motifs is 1. The number of nitrogens with one attached hydrogen (secondary N) is 3. The molecule has 0 bridgehead atoms. The van der Waals surface area contributed by atoms with E-state index in [9.17, 15) is 9.59 Å². The molecule has 2 amide bonds. The van der Waals surface area contributed by atoms with Gasteiger partial charge in [-0.15, -0.1) is 0 Å². The first-order chi connectivity index (χ1) is 15.4. The third-order valence-electron chi connectivity index (χ3n) is 5.87. The molecule has 1 aliphatic heterocycles. The van der Waals surface area contributed by atoms with E-state index in [-0.39, 0.29) is 11.8 Å². The van der Waals surface area contributed by atoms with E-state index in [0.717, 1.165) is 39.9 Å². The van der Waals surface area contributed by atoms with Crippen LogP contribution in [0.15, 0.2) is 60.2 Å². The fourth-order valence-corrected chi connectivity index (χ4v) is 4.15. The van der Waals surface area contributed by atoms with Crippen molar-refractivity contribution in [2.24, 2.45) is 0 Å². The zero-order valence-electron chi connectivity index (χ0n) is 18.7. The molecule has 0 unspecified atom stereocenters. The lowest BCUT2D eigenvalue weighted by Gasteiger charge is -2.30. The van der Waals surface area contributed by atoms with Gasteiger partial charge in [0.1, 0.15) is 17.8 Å². The number of allylic oxidation sites excluding steroid dienone is 2. The highest BCUT2D eigenvalue weighted by molar-refractivity contribution is 5.98. The van der Waals surface area contributed by atoms with Crippen LogP contribution in [0.1, 0.15) is 30.7 Å². The molecule has 1 aromatic heterocycles. The van der Waals surface area contributed by atoms with Crippen molar-refractivity contribution in [3.63, 3.8) is 0 Å². The predicted octanol–water partition coefficient (Wildman–Crippen LogP) is 3.45. The minimum absolute atomic E-state index is 0.147. The number of rotatable bonds is 7. The molecular weight excluding hydrogens is 402 g/mol. The Morgan fingerprint density at radius 3 is 2.31 bits per heavy atom. The highest BCUT2D eigenvalue weighted by atomic mass is 16.5. The van der Waals surface area contributed by atoms with Crippen LogP contribution in [0.4, 0.5) is 0 Å². The van der Waals surface area contributed by atoms with Gasteiger partial charge in [0.2, 0.25) is 11.8 Å². The number of carbonyl (C=O) groups is 2. The summed E-state index contributed by atoms with van der Waals surface area (Å²) in [6.45, 7) is 4.13. The maximum Gasteiger partial charge on any atom is 0.243 e. The first kappa shape index (κ1) is 21.7. The Morgan fingerprint density at radius 1 is 0.969 bits per heavy atom. The molecule has 0 saturated carbocycles. The third-order valence-corrected chi connectivity index (χ3v) is 5.87. The zero-order chi connectivity index (χ0) is 22.7. The summed E-state index contributed by atoms with van der Waals surface area (Å²) in [7, 11) is 1.64. The number of amides is 2. The number of methoxy groups -OCH3 is 1. The Kier molecular flexibility index (Phi) is 6.30. The van der Waals surface area contributed by atoms with E-state index in [2.05, 4.69) is 35.5 Å². The van der Waals surface area contributed by atoms with Crippen molar-refractivity contribution in [1.29, 1.82) is 0 Å². The predicted molar refractivity (Wildman–Crippen MR) is 126 cm³/mol. The first-order valence-corrected chi connectivity index (χ1v) is 10.9. The monoisotopic (exact) mass is 431 g/mol. The van der Waals surface area contributed by atoms with Crippen LogP contribution in [0.2, 0.25) is 0 Å². The second kappa shape index (κ2) is 9.30. The first-order valence-electron chi connectivity index (χ1n) is 10.9. The van der Waals surface area contributed by atoms with Gasteiger partial charge in [0.25, 0.3) is 0 Å². The average molecular weight is 432 g/mol. The smallest absolute Gasteiger partial charge is 0.243 e. The van der Waals surface area contributed by atoms with Crippen LogP contribution in [0.25, 0.3) is 10.9 Å². The largest absolute Gasteiger partial charge is 0.497 e. The van der Waals surface area contributed by atoms with E-state index in [4.69, 9.17) is 4.74 Å². The highest BCUT2D eigenvalue weighted by Gasteiger charge is 2.34. The number of aromatic amines is 1. The minimum atomic E-state index is -0.610. The van der Waals surface area contributed by atoms with E-state index in [1.165, 1.54) is 5.57 Å². The third kappa shape index (κ3) is 4.69. The molecule has 3 aromatic rings. The highest BCUT2D eigenvalue weighted by Crippen LogP contribution is 2.28. The maximum absolute atomic E-state index is 12.9. The summed E-state index contributed by atoms with van der Waals surface area (Å²) in [5, 5.41) is 6.91. The molecule has 2 aromatic carbocycles. The number of carbonyl (C=O) groups excluding carboxylic acids is 2. The molecule has 2 heterocycles. The fraction of sp³-hybridized carbons (Fsp3) is 0.308. The molecule has 4 rings (SSSR count). The van der Waals surface area contributed by atoms with Crippen molar-refractivity contribution in [2.75, 3.05) is 7.11 Å². The van der Waals surface area contributed by atoms with Gasteiger partial charge in [-0.2, -0.15) is 0 Å². The number of hydrogen-bond donors (Lipinski definition) is 3. The second-order valence-electron chi connectivity index (χ2n) is 8.50. The summed E-state index contributed by atoms with van der Waals surface area (Å²) in [6.07, 6.45) is 3.78. The van der Waals surface area contributed by atoms with Gasteiger partial charge in [0.05, 0.1) is 7.11 Å². The molecule has 32 heavy (non-hydrogen) atoms. The summed E-state index contributed by atoms with van der Waals surface area (Å²) in [4.78, 5) is 29.2. The SMILES string of the molecule is COc1ccc2c(C[C@@H]3NC(=O)[C@H](Cc4ccccc4)NC3=O)c(CC=C(C)C)[nH]c2c1. The van der Waals surface area contributed by atoms with Crippen LogP contribution >= 0.6 is 0 Å². The van der Waals surface area contributed by atoms with Crippen LogP contribution in [0.3, 0.4) is 0 Å². The van der Waals surface area contributed by atoms with Gasteiger partial charge in [-0.05, 0) is 37.1 Å². The van der Waals surface area contributed by atoms with Crippen molar-refractivity contribution in [3.8, 4) is 5.75 Å². The van der Waals surface area contributed by atoms with Crippen LogP contribution < -0.4 is 15.4 Å². The summed E-state index contributed by atoms with van der Waals surface area (Å²) in [5.41, 5.74) is 5.28. The molecule has 0 spiro atoms. The molecular formula is C26H29N3O3. The maximum atomic E-state index is 12.9. The number of ether oxygens (including phenoxy) is 1. The Morgan fingerprint density at radius 2 is 1.66 bits per heavy atom. The molecule has 0 radical (unpaired) electrons. The van der Waals surface area contributed by atoms with Crippen LogP contribution in [-0.4, -0.2) is 36.0 Å². The van der Waals surface area contributed by atoms with Crippen LogP contribution in [0.5, 0.6) is 5.75 Å². The number of benzene rings is 2. The van der Waals surface area contributed by atoms with Gasteiger partial charge >= 0.3 is 0 Å². The van der Waals surface area contributed by atoms with Gasteiger partial charge in [-0.3, -0.25) is 9.59 Å². The van der Waals surface area contributed by atoms with Crippen molar-refractivity contribution in [3.05, 3.63) is 77.0 Å². The van der Waals surface area contributed by atoms with Crippen LogP contribution in [0, 0.1) is 0 Å². The molecule has 6 heteroatoms. The topological polar surface area (TPSA) is 83.2 Å². The number of piperazine rings is 1.